The molecule has 0 radical (unpaired) electrons. The van der Waals surface area contributed by atoms with Gasteiger partial charge in [-0.15, -0.1) is 0 Å². The minimum absolute atomic E-state index is 0.0545. The van der Waals surface area contributed by atoms with E-state index in [0.717, 1.165) is 12.8 Å². The molecule has 0 bridgehead atoms. The van der Waals surface area contributed by atoms with Gasteiger partial charge < -0.3 is 0 Å². The van der Waals surface area contributed by atoms with Crippen molar-refractivity contribution in [1.29, 1.82) is 0 Å². The standard InChI is InChI=1S/C10H20ClO3P/c1-4-5-6-7-9-10(2,3)8-13-15(11,12)14-9/h9H,4-8H2,1-3H3. The van der Waals surface area contributed by atoms with Gasteiger partial charge in [0, 0.05) is 16.7 Å². The van der Waals surface area contributed by atoms with E-state index < -0.39 is 6.95 Å². The highest BCUT2D eigenvalue weighted by Crippen LogP contribution is 2.60. The fourth-order valence-corrected chi connectivity index (χ4v) is 3.36. The molecule has 0 aromatic rings. The molecule has 1 aliphatic heterocycles. The predicted octanol–water partition coefficient (Wildman–Crippen LogP) is 4.36. The summed E-state index contributed by atoms with van der Waals surface area (Å²) in [6.45, 7) is 3.37. The lowest BCUT2D eigenvalue weighted by atomic mass is 9.85. The highest BCUT2D eigenvalue weighted by Gasteiger charge is 2.42. The van der Waals surface area contributed by atoms with E-state index >= 15 is 0 Å². The Morgan fingerprint density at radius 2 is 2.13 bits per heavy atom. The second-order valence-corrected chi connectivity index (χ2v) is 7.35. The molecule has 0 aromatic heterocycles. The fourth-order valence-electron chi connectivity index (χ4n) is 1.68. The summed E-state index contributed by atoms with van der Waals surface area (Å²) >= 11 is 5.62. The Morgan fingerprint density at radius 1 is 1.47 bits per heavy atom. The largest absolute Gasteiger partial charge is 0.424 e. The van der Waals surface area contributed by atoms with Crippen LogP contribution in [0.5, 0.6) is 0 Å². The summed E-state index contributed by atoms with van der Waals surface area (Å²) in [7, 11) is 0. The molecule has 2 atom stereocenters. The van der Waals surface area contributed by atoms with Gasteiger partial charge in [0.25, 0.3) is 0 Å². The van der Waals surface area contributed by atoms with Gasteiger partial charge in [0.15, 0.2) is 0 Å². The quantitative estimate of drug-likeness (QED) is 0.552. The minimum Gasteiger partial charge on any atom is -0.296 e. The van der Waals surface area contributed by atoms with Gasteiger partial charge >= 0.3 is 6.95 Å². The van der Waals surface area contributed by atoms with Crippen molar-refractivity contribution in [2.45, 2.75) is 52.6 Å². The number of hydrogen-bond acceptors (Lipinski definition) is 3. The van der Waals surface area contributed by atoms with E-state index in [0.29, 0.717) is 6.61 Å². The first-order valence-corrected chi connectivity index (χ1v) is 7.95. The molecule has 15 heavy (non-hydrogen) atoms. The molecule has 0 spiro atoms. The van der Waals surface area contributed by atoms with E-state index in [4.69, 9.17) is 20.3 Å². The third-order valence-corrected chi connectivity index (χ3v) is 4.26. The summed E-state index contributed by atoms with van der Waals surface area (Å²) in [6, 6.07) is 0. The Balaban J connectivity index is 2.53. The SMILES string of the molecule is CCCCCC1OP(=O)(Cl)OCC1(C)C. The second kappa shape index (κ2) is 5.18. The van der Waals surface area contributed by atoms with Crippen molar-refractivity contribution in [2.75, 3.05) is 6.61 Å². The normalized spacial score (nSPS) is 35.3. The molecule has 3 nitrogen and oxygen atoms in total. The van der Waals surface area contributed by atoms with E-state index in [2.05, 4.69) is 20.8 Å². The van der Waals surface area contributed by atoms with Gasteiger partial charge in [-0.3, -0.25) is 9.05 Å². The lowest BCUT2D eigenvalue weighted by molar-refractivity contribution is -0.0237. The van der Waals surface area contributed by atoms with Crippen molar-refractivity contribution in [2.24, 2.45) is 5.41 Å². The zero-order valence-corrected chi connectivity index (χ0v) is 11.3. The molecule has 1 aliphatic rings. The van der Waals surface area contributed by atoms with Crippen molar-refractivity contribution < 1.29 is 13.6 Å². The Morgan fingerprint density at radius 3 is 2.73 bits per heavy atom. The molecule has 0 aromatic carbocycles. The zero-order valence-electron chi connectivity index (χ0n) is 9.66. The molecule has 0 N–H and O–H groups in total. The monoisotopic (exact) mass is 254 g/mol. The summed E-state index contributed by atoms with van der Waals surface area (Å²) in [6.07, 6.45) is 4.27. The van der Waals surface area contributed by atoms with E-state index in [1.807, 2.05) is 0 Å². The average Bonchev–Trinajstić information content (AvgIpc) is 2.12. The van der Waals surface area contributed by atoms with Crippen LogP contribution in [0.2, 0.25) is 0 Å². The molecule has 1 fully saturated rings. The van der Waals surface area contributed by atoms with Crippen LogP contribution < -0.4 is 0 Å². The molecule has 0 amide bonds. The maximum atomic E-state index is 11.5. The number of hydrogen-bond donors (Lipinski definition) is 0. The van der Waals surface area contributed by atoms with Crippen LogP contribution in [0.15, 0.2) is 0 Å². The third-order valence-electron chi connectivity index (χ3n) is 2.79. The third kappa shape index (κ3) is 4.07. The smallest absolute Gasteiger partial charge is 0.296 e. The number of unbranched alkanes of at least 4 members (excludes halogenated alkanes) is 2. The Kier molecular flexibility index (Phi) is 4.66. The van der Waals surface area contributed by atoms with Gasteiger partial charge in [-0.05, 0) is 6.42 Å². The van der Waals surface area contributed by atoms with Gasteiger partial charge in [-0.2, -0.15) is 0 Å². The van der Waals surface area contributed by atoms with E-state index in [1.165, 1.54) is 12.8 Å². The Hall–Kier alpha value is 0.440. The van der Waals surface area contributed by atoms with Crippen LogP contribution in [-0.2, 0) is 13.6 Å². The summed E-state index contributed by atoms with van der Waals surface area (Å²) in [5.74, 6) is 0. The highest BCUT2D eigenvalue weighted by molar-refractivity contribution is 7.81. The molecule has 5 heteroatoms. The van der Waals surface area contributed by atoms with Crippen LogP contribution in [0.25, 0.3) is 0 Å². The number of rotatable bonds is 4. The topological polar surface area (TPSA) is 35.5 Å². The van der Waals surface area contributed by atoms with Crippen molar-refractivity contribution in [1.82, 2.24) is 0 Å². The van der Waals surface area contributed by atoms with E-state index in [1.54, 1.807) is 0 Å². The lowest BCUT2D eigenvalue weighted by Crippen LogP contribution is -2.38. The summed E-state index contributed by atoms with van der Waals surface area (Å²) in [4.78, 5) is 0. The van der Waals surface area contributed by atoms with Crippen LogP contribution >= 0.6 is 18.2 Å². The molecule has 1 saturated heterocycles. The van der Waals surface area contributed by atoms with Crippen LogP contribution in [0.1, 0.15) is 46.5 Å². The molecule has 2 unspecified atom stereocenters. The molecule has 90 valence electrons. The van der Waals surface area contributed by atoms with E-state index in [-0.39, 0.29) is 11.5 Å². The van der Waals surface area contributed by atoms with Gasteiger partial charge in [-0.25, -0.2) is 4.57 Å². The first kappa shape index (κ1) is 13.5. The highest BCUT2D eigenvalue weighted by atomic mass is 35.7. The molecule has 0 aliphatic carbocycles. The van der Waals surface area contributed by atoms with Gasteiger partial charge in [0.1, 0.15) is 0 Å². The lowest BCUT2D eigenvalue weighted by Gasteiger charge is -2.39. The first-order valence-electron chi connectivity index (χ1n) is 5.50. The molecule has 0 saturated carbocycles. The Labute approximate surface area is 96.8 Å². The summed E-state index contributed by atoms with van der Waals surface area (Å²) in [5.41, 5.74) is -0.101. The number of halogens is 1. The van der Waals surface area contributed by atoms with Gasteiger partial charge in [-0.1, -0.05) is 40.0 Å². The average molecular weight is 255 g/mol. The zero-order chi connectivity index (χ0) is 11.5. The Bertz CT molecular complexity index is 255. The van der Waals surface area contributed by atoms with Crippen LogP contribution in [0.4, 0.5) is 0 Å². The van der Waals surface area contributed by atoms with Crippen molar-refractivity contribution >= 4 is 18.2 Å². The van der Waals surface area contributed by atoms with E-state index in [9.17, 15) is 4.57 Å². The van der Waals surface area contributed by atoms with Gasteiger partial charge in [0.05, 0.1) is 12.7 Å². The van der Waals surface area contributed by atoms with Gasteiger partial charge in [0.2, 0.25) is 0 Å². The predicted molar refractivity (Wildman–Crippen MR) is 62.2 cm³/mol. The second-order valence-electron chi connectivity index (χ2n) is 4.78. The van der Waals surface area contributed by atoms with Crippen molar-refractivity contribution in [3.63, 3.8) is 0 Å². The molecule has 1 heterocycles. The van der Waals surface area contributed by atoms with Crippen molar-refractivity contribution in [3.8, 4) is 0 Å². The van der Waals surface area contributed by atoms with Crippen LogP contribution in [0.3, 0.4) is 0 Å². The fraction of sp³-hybridized carbons (Fsp3) is 1.00. The molecule has 1 rings (SSSR count). The summed E-state index contributed by atoms with van der Waals surface area (Å²) in [5, 5.41) is 0. The summed E-state index contributed by atoms with van der Waals surface area (Å²) < 4.78 is 21.8. The molecular weight excluding hydrogens is 235 g/mol. The minimum atomic E-state index is -3.30. The van der Waals surface area contributed by atoms with Crippen LogP contribution in [-0.4, -0.2) is 12.7 Å². The van der Waals surface area contributed by atoms with Crippen LogP contribution in [0, 0.1) is 5.41 Å². The first-order chi connectivity index (χ1) is 6.87. The maximum absolute atomic E-state index is 11.5. The maximum Gasteiger partial charge on any atom is 0.424 e. The van der Waals surface area contributed by atoms with Crippen molar-refractivity contribution in [3.05, 3.63) is 0 Å². The molecular formula is C10H20ClO3P.